The van der Waals surface area contributed by atoms with Crippen LogP contribution in [-0.4, -0.2) is 48.3 Å². The topological polar surface area (TPSA) is 49.8 Å². The zero-order valence-corrected chi connectivity index (χ0v) is 10.2. The lowest BCUT2D eigenvalue weighted by Gasteiger charge is -2.24. The molecule has 0 radical (unpaired) electrons. The molecule has 0 aromatic carbocycles. The van der Waals surface area contributed by atoms with Gasteiger partial charge in [-0.3, -0.25) is 4.79 Å². The number of likely N-dealkylation sites (N-methyl/N-ethyl adjacent to an activating group) is 1. The summed E-state index contributed by atoms with van der Waals surface area (Å²) in [5, 5.41) is 8.82. The summed E-state index contributed by atoms with van der Waals surface area (Å²) in [4.78, 5) is 13.5. The molecular formula is C12H23NO3. The molecule has 1 N–H and O–H groups in total. The zero-order valence-electron chi connectivity index (χ0n) is 10.2. The Morgan fingerprint density at radius 2 is 2.31 bits per heavy atom. The first-order valence-electron chi connectivity index (χ1n) is 6.28. The van der Waals surface area contributed by atoms with Crippen LogP contribution in [0.3, 0.4) is 0 Å². The second-order valence-electron chi connectivity index (χ2n) is 4.22. The van der Waals surface area contributed by atoms with E-state index in [1.54, 1.807) is 4.90 Å². The molecule has 94 valence electrons. The average molecular weight is 229 g/mol. The van der Waals surface area contributed by atoms with Crippen LogP contribution in [0.5, 0.6) is 0 Å². The molecule has 1 aliphatic rings. The van der Waals surface area contributed by atoms with Crippen LogP contribution in [-0.2, 0) is 9.53 Å². The number of aliphatic hydroxyl groups is 1. The predicted octanol–water partition coefficient (Wildman–Crippen LogP) is 1.18. The third-order valence-electron chi connectivity index (χ3n) is 3.06. The van der Waals surface area contributed by atoms with E-state index in [1.165, 1.54) is 6.42 Å². The number of hydrogen-bond acceptors (Lipinski definition) is 3. The minimum absolute atomic E-state index is 0.0412. The molecule has 1 fully saturated rings. The molecule has 0 aromatic rings. The van der Waals surface area contributed by atoms with E-state index >= 15 is 0 Å². The molecule has 1 unspecified atom stereocenters. The van der Waals surface area contributed by atoms with Crippen molar-refractivity contribution in [1.82, 2.24) is 4.90 Å². The summed E-state index contributed by atoms with van der Waals surface area (Å²) in [6, 6.07) is 0. The Bertz CT molecular complexity index is 202. The van der Waals surface area contributed by atoms with Crippen molar-refractivity contribution in [3.8, 4) is 0 Å². The maximum atomic E-state index is 11.8. The molecular weight excluding hydrogens is 206 g/mol. The van der Waals surface area contributed by atoms with Gasteiger partial charge in [0.1, 0.15) is 0 Å². The van der Waals surface area contributed by atoms with E-state index in [1.807, 2.05) is 6.92 Å². The number of carbonyl (C=O) groups is 1. The lowest BCUT2D eigenvalue weighted by Crippen LogP contribution is -2.34. The van der Waals surface area contributed by atoms with E-state index < -0.39 is 0 Å². The van der Waals surface area contributed by atoms with Crippen molar-refractivity contribution in [2.75, 3.05) is 26.3 Å². The van der Waals surface area contributed by atoms with Crippen LogP contribution in [0.25, 0.3) is 0 Å². The maximum absolute atomic E-state index is 11.8. The van der Waals surface area contributed by atoms with Gasteiger partial charge in [-0.15, -0.1) is 0 Å². The van der Waals surface area contributed by atoms with E-state index in [9.17, 15) is 4.79 Å². The smallest absolute Gasteiger partial charge is 0.222 e. The van der Waals surface area contributed by atoms with Crippen LogP contribution in [0.4, 0.5) is 0 Å². The van der Waals surface area contributed by atoms with Crippen LogP contribution >= 0.6 is 0 Å². The SMILES string of the molecule is CCN(CCO)C(=O)CCC1CCCCO1. The highest BCUT2D eigenvalue weighted by Crippen LogP contribution is 2.17. The first-order chi connectivity index (χ1) is 7.77. The summed E-state index contributed by atoms with van der Waals surface area (Å²) in [6.07, 6.45) is 5.08. The lowest BCUT2D eigenvalue weighted by atomic mass is 10.0. The number of aliphatic hydroxyl groups excluding tert-OH is 1. The fraction of sp³-hybridized carbons (Fsp3) is 0.917. The summed E-state index contributed by atoms with van der Waals surface area (Å²) in [5.74, 6) is 0.130. The molecule has 1 atom stereocenters. The molecule has 0 spiro atoms. The second-order valence-corrected chi connectivity index (χ2v) is 4.22. The fourth-order valence-electron chi connectivity index (χ4n) is 2.06. The zero-order chi connectivity index (χ0) is 11.8. The Kier molecular flexibility index (Phi) is 6.42. The highest BCUT2D eigenvalue weighted by molar-refractivity contribution is 5.76. The van der Waals surface area contributed by atoms with Crippen LogP contribution in [0.15, 0.2) is 0 Å². The summed E-state index contributed by atoms with van der Waals surface area (Å²) < 4.78 is 5.58. The minimum atomic E-state index is 0.0412. The summed E-state index contributed by atoms with van der Waals surface area (Å²) in [6.45, 7) is 3.93. The Labute approximate surface area is 97.6 Å². The Morgan fingerprint density at radius 1 is 1.50 bits per heavy atom. The molecule has 0 saturated carbocycles. The molecule has 16 heavy (non-hydrogen) atoms. The maximum Gasteiger partial charge on any atom is 0.222 e. The van der Waals surface area contributed by atoms with Gasteiger partial charge in [0.15, 0.2) is 0 Å². The normalized spacial score (nSPS) is 20.8. The van der Waals surface area contributed by atoms with Gasteiger partial charge >= 0.3 is 0 Å². The molecule has 1 saturated heterocycles. The third-order valence-corrected chi connectivity index (χ3v) is 3.06. The molecule has 1 heterocycles. The van der Waals surface area contributed by atoms with E-state index in [0.29, 0.717) is 19.5 Å². The average Bonchev–Trinajstić information content (AvgIpc) is 2.34. The van der Waals surface area contributed by atoms with Gasteiger partial charge < -0.3 is 14.7 Å². The number of carbonyl (C=O) groups excluding carboxylic acids is 1. The van der Waals surface area contributed by atoms with E-state index in [-0.39, 0.29) is 18.6 Å². The van der Waals surface area contributed by atoms with Crippen LogP contribution in [0.2, 0.25) is 0 Å². The molecule has 1 amide bonds. The first-order valence-corrected chi connectivity index (χ1v) is 6.28. The van der Waals surface area contributed by atoms with Crippen molar-refractivity contribution >= 4 is 5.91 Å². The highest BCUT2D eigenvalue weighted by Gasteiger charge is 2.17. The van der Waals surface area contributed by atoms with Gasteiger partial charge in [0.25, 0.3) is 0 Å². The fourth-order valence-corrected chi connectivity index (χ4v) is 2.06. The number of nitrogens with zero attached hydrogens (tertiary/aromatic N) is 1. The van der Waals surface area contributed by atoms with Gasteiger partial charge in [-0.05, 0) is 32.6 Å². The van der Waals surface area contributed by atoms with E-state index in [2.05, 4.69) is 0 Å². The number of hydrogen-bond donors (Lipinski definition) is 1. The molecule has 1 aliphatic heterocycles. The van der Waals surface area contributed by atoms with E-state index in [0.717, 1.165) is 25.9 Å². The standard InChI is InChI=1S/C12H23NO3/c1-2-13(8-9-14)12(15)7-6-11-5-3-4-10-16-11/h11,14H,2-10H2,1H3. The lowest BCUT2D eigenvalue weighted by molar-refractivity contribution is -0.132. The number of amides is 1. The van der Waals surface area contributed by atoms with Crippen molar-refractivity contribution in [2.45, 2.75) is 45.1 Å². The molecule has 0 aliphatic carbocycles. The second kappa shape index (κ2) is 7.63. The predicted molar refractivity (Wildman–Crippen MR) is 62.2 cm³/mol. The van der Waals surface area contributed by atoms with Gasteiger partial charge in [-0.25, -0.2) is 0 Å². The monoisotopic (exact) mass is 229 g/mol. The summed E-state index contributed by atoms with van der Waals surface area (Å²) in [7, 11) is 0. The van der Waals surface area contributed by atoms with Gasteiger partial charge in [0.05, 0.1) is 12.7 Å². The van der Waals surface area contributed by atoms with Crippen LogP contribution < -0.4 is 0 Å². The van der Waals surface area contributed by atoms with Crippen molar-refractivity contribution in [1.29, 1.82) is 0 Å². The van der Waals surface area contributed by atoms with Gasteiger partial charge in [-0.1, -0.05) is 0 Å². The summed E-state index contributed by atoms with van der Waals surface area (Å²) in [5.41, 5.74) is 0. The molecule has 0 bridgehead atoms. The number of ether oxygens (including phenoxy) is 1. The van der Waals surface area contributed by atoms with Crippen molar-refractivity contribution < 1.29 is 14.6 Å². The van der Waals surface area contributed by atoms with E-state index in [4.69, 9.17) is 9.84 Å². The third kappa shape index (κ3) is 4.49. The molecule has 0 aromatic heterocycles. The Hall–Kier alpha value is -0.610. The quantitative estimate of drug-likeness (QED) is 0.744. The van der Waals surface area contributed by atoms with Gasteiger partial charge in [0, 0.05) is 26.1 Å². The van der Waals surface area contributed by atoms with Crippen molar-refractivity contribution in [2.24, 2.45) is 0 Å². The minimum Gasteiger partial charge on any atom is -0.395 e. The number of rotatable bonds is 6. The first kappa shape index (κ1) is 13.5. The van der Waals surface area contributed by atoms with Crippen molar-refractivity contribution in [3.05, 3.63) is 0 Å². The largest absolute Gasteiger partial charge is 0.395 e. The summed E-state index contributed by atoms with van der Waals surface area (Å²) >= 11 is 0. The van der Waals surface area contributed by atoms with Crippen LogP contribution in [0.1, 0.15) is 39.0 Å². The molecule has 4 nitrogen and oxygen atoms in total. The Balaban J connectivity index is 2.21. The van der Waals surface area contributed by atoms with Gasteiger partial charge in [0.2, 0.25) is 5.91 Å². The Morgan fingerprint density at radius 3 is 2.88 bits per heavy atom. The highest BCUT2D eigenvalue weighted by atomic mass is 16.5. The van der Waals surface area contributed by atoms with Gasteiger partial charge in [-0.2, -0.15) is 0 Å². The van der Waals surface area contributed by atoms with Crippen molar-refractivity contribution in [3.63, 3.8) is 0 Å². The van der Waals surface area contributed by atoms with Crippen LogP contribution in [0, 0.1) is 0 Å². The molecule has 4 heteroatoms. The molecule has 1 rings (SSSR count).